The first-order valence-electron chi connectivity index (χ1n) is 10.6. The van der Waals surface area contributed by atoms with E-state index in [9.17, 15) is 4.79 Å². The first-order valence-corrected chi connectivity index (χ1v) is 11.7. The molecule has 2 aliphatic heterocycles. The minimum atomic E-state index is -0.194. The van der Waals surface area contributed by atoms with E-state index in [1.165, 1.54) is 12.8 Å². The fourth-order valence-corrected chi connectivity index (χ4v) is 4.85. The van der Waals surface area contributed by atoms with Gasteiger partial charge in [-0.05, 0) is 48.7 Å². The summed E-state index contributed by atoms with van der Waals surface area (Å²) in [6, 6.07) is 12.7. The summed E-state index contributed by atoms with van der Waals surface area (Å²) in [5.74, 6) is -0.319. The molecule has 2 aromatic carbocycles. The Balaban J connectivity index is 1.66. The molecular formula is C23H25Cl3N4O. The average molecular weight is 480 g/mol. The van der Waals surface area contributed by atoms with Gasteiger partial charge < -0.3 is 0 Å². The molecule has 1 saturated heterocycles. The lowest BCUT2D eigenvalue weighted by Crippen LogP contribution is -2.46. The highest BCUT2D eigenvalue weighted by Gasteiger charge is 2.40. The summed E-state index contributed by atoms with van der Waals surface area (Å²) >= 11 is 18.7. The van der Waals surface area contributed by atoms with E-state index >= 15 is 0 Å². The van der Waals surface area contributed by atoms with Gasteiger partial charge in [-0.1, -0.05) is 66.7 Å². The fraction of sp³-hybridized carbons (Fsp3) is 0.391. The third-order valence-corrected chi connectivity index (χ3v) is 6.64. The quantitative estimate of drug-likeness (QED) is 0.576. The largest absolute Gasteiger partial charge is 0.284 e. The second-order valence-corrected chi connectivity index (χ2v) is 9.33. The topological polar surface area (TPSA) is 47.9 Å². The van der Waals surface area contributed by atoms with E-state index in [2.05, 4.69) is 5.43 Å². The zero-order valence-electron chi connectivity index (χ0n) is 17.3. The molecule has 0 aromatic heterocycles. The molecule has 4 rings (SSSR count). The molecule has 0 unspecified atom stereocenters. The SMILES string of the molecule is C[C@H]1C(C(=O)NN2CCCCCC2)=NN(c2ccc(Cl)cc2Cl)[C@@H]1c1ccc(Cl)cc1. The number of carbonyl (C=O) groups is 1. The first-order chi connectivity index (χ1) is 14.9. The molecule has 2 heterocycles. The van der Waals surface area contributed by atoms with Crippen molar-refractivity contribution in [1.29, 1.82) is 0 Å². The molecule has 5 nitrogen and oxygen atoms in total. The minimum Gasteiger partial charge on any atom is -0.284 e. The molecule has 164 valence electrons. The van der Waals surface area contributed by atoms with Crippen molar-refractivity contribution >= 4 is 52.1 Å². The third kappa shape index (κ3) is 5.01. The van der Waals surface area contributed by atoms with Gasteiger partial charge in [-0.3, -0.25) is 15.2 Å². The van der Waals surface area contributed by atoms with Gasteiger partial charge in [0.25, 0.3) is 5.91 Å². The Labute approximate surface area is 197 Å². The Hall–Kier alpha value is -1.79. The molecule has 2 aromatic rings. The summed E-state index contributed by atoms with van der Waals surface area (Å²) in [5, 5.41) is 10.3. The maximum Gasteiger partial charge on any atom is 0.282 e. The number of hydrogen-bond acceptors (Lipinski definition) is 4. The molecule has 0 spiro atoms. The number of carbonyl (C=O) groups excluding carboxylic acids is 1. The van der Waals surface area contributed by atoms with Gasteiger partial charge in [-0.2, -0.15) is 5.10 Å². The Morgan fingerprint density at radius 3 is 2.26 bits per heavy atom. The lowest BCUT2D eigenvalue weighted by atomic mass is 9.91. The van der Waals surface area contributed by atoms with Crippen molar-refractivity contribution in [3.05, 3.63) is 63.1 Å². The van der Waals surface area contributed by atoms with Crippen LogP contribution >= 0.6 is 34.8 Å². The molecule has 1 amide bonds. The standard InChI is InChI=1S/C23H25Cl3N4O/c1-15-21(23(31)28-29-12-4-2-3-5-13-29)27-30(20-11-10-18(25)14-19(20)26)22(15)16-6-8-17(24)9-7-16/h6-11,14-15,22H,2-5,12-13H2,1H3,(H,28,31)/t15-,22-/m0/s1. The van der Waals surface area contributed by atoms with Crippen LogP contribution in [-0.4, -0.2) is 29.7 Å². The van der Waals surface area contributed by atoms with E-state index in [0.29, 0.717) is 26.5 Å². The maximum atomic E-state index is 13.2. The molecule has 0 radical (unpaired) electrons. The van der Waals surface area contributed by atoms with E-state index in [1.54, 1.807) is 12.1 Å². The summed E-state index contributed by atoms with van der Waals surface area (Å²) in [4.78, 5) is 13.2. The van der Waals surface area contributed by atoms with Crippen molar-refractivity contribution in [2.75, 3.05) is 18.1 Å². The smallest absolute Gasteiger partial charge is 0.282 e. The number of amides is 1. The van der Waals surface area contributed by atoms with E-state index in [0.717, 1.165) is 31.5 Å². The van der Waals surface area contributed by atoms with Crippen molar-refractivity contribution in [2.45, 2.75) is 38.6 Å². The molecule has 2 atom stereocenters. The van der Waals surface area contributed by atoms with Crippen LogP contribution in [0.5, 0.6) is 0 Å². The van der Waals surface area contributed by atoms with Crippen LogP contribution in [0.4, 0.5) is 5.69 Å². The molecule has 0 saturated carbocycles. The Bertz CT molecular complexity index is 971. The number of anilines is 1. The van der Waals surface area contributed by atoms with Gasteiger partial charge in [0, 0.05) is 29.1 Å². The molecule has 1 fully saturated rings. The zero-order chi connectivity index (χ0) is 22.0. The number of hydrazine groups is 1. The van der Waals surface area contributed by atoms with Crippen molar-refractivity contribution in [3.63, 3.8) is 0 Å². The highest BCUT2D eigenvalue weighted by molar-refractivity contribution is 6.41. The molecule has 0 bridgehead atoms. The molecular weight excluding hydrogens is 455 g/mol. The Morgan fingerprint density at radius 2 is 1.61 bits per heavy atom. The number of nitrogens with one attached hydrogen (secondary N) is 1. The molecule has 0 aliphatic carbocycles. The highest BCUT2D eigenvalue weighted by Crippen LogP contribution is 2.42. The predicted octanol–water partition coefficient (Wildman–Crippen LogP) is 6.11. The number of nitrogens with zero attached hydrogens (tertiary/aromatic N) is 3. The molecule has 31 heavy (non-hydrogen) atoms. The van der Waals surface area contributed by atoms with E-state index in [-0.39, 0.29) is 17.9 Å². The molecule has 8 heteroatoms. The zero-order valence-corrected chi connectivity index (χ0v) is 19.6. The van der Waals surface area contributed by atoms with Crippen LogP contribution in [-0.2, 0) is 4.79 Å². The van der Waals surface area contributed by atoms with Crippen LogP contribution in [0.1, 0.15) is 44.2 Å². The average Bonchev–Trinajstić information content (AvgIpc) is 2.89. The van der Waals surface area contributed by atoms with Crippen molar-refractivity contribution in [3.8, 4) is 0 Å². The van der Waals surface area contributed by atoms with Gasteiger partial charge in [0.1, 0.15) is 5.71 Å². The predicted molar refractivity (Wildman–Crippen MR) is 128 cm³/mol. The van der Waals surface area contributed by atoms with Crippen LogP contribution in [0.25, 0.3) is 0 Å². The maximum absolute atomic E-state index is 13.2. The van der Waals surface area contributed by atoms with Crippen LogP contribution in [0.15, 0.2) is 47.6 Å². The lowest BCUT2D eigenvalue weighted by Gasteiger charge is -2.27. The Kier molecular flexibility index (Phi) is 7.07. The summed E-state index contributed by atoms with van der Waals surface area (Å²) < 4.78 is 0. The van der Waals surface area contributed by atoms with Gasteiger partial charge >= 0.3 is 0 Å². The fourth-order valence-electron chi connectivity index (χ4n) is 4.23. The monoisotopic (exact) mass is 478 g/mol. The number of halogens is 3. The van der Waals surface area contributed by atoms with E-state index in [4.69, 9.17) is 39.9 Å². The summed E-state index contributed by atoms with van der Waals surface area (Å²) in [6.45, 7) is 3.74. The number of hydrazone groups is 1. The number of benzene rings is 2. The van der Waals surface area contributed by atoms with Gasteiger partial charge in [0.05, 0.1) is 16.8 Å². The van der Waals surface area contributed by atoms with Crippen LogP contribution < -0.4 is 10.4 Å². The highest BCUT2D eigenvalue weighted by atomic mass is 35.5. The van der Waals surface area contributed by atoms with Crippen LogP contribution in [0.3, 0.4) is 0 Å². The Morgan fingerprint density at radius 1 is 0.968 bits per heavy atom. The van der Waals surface area contributed by atoms with Gasteiger partial charge in [-0.25, -0.2) is 5.01 Å². The van der Waals surface area contributed by atoms with Gasteiger partial charge in [0.2, 0.25) is 0 Å². The normalized spacial score (nSPS) is 22.2. The second-order valence-electron chi connectivity index (χ2n) is 8.05. The molecule has 2 aliphatic rings. The van der Waals surface area contributed by atoms with E-state index < -0.39 is 0 Å². The number of hydrogen-bond donors (Lipinski definition) is 1. The van der Waals surface area contributed by atoms with Crippen molar-refractivity contribution in [2.24, 2.45) is 11.0 Å². The first kappa shape index (κ1) is 22.4. The van der Waals surface area contributed by atoms with Crippen LogP contribution in [0.2, 0.25) is 15.1 Å². The van der Waals surface area contributed by atoms with Crippen molar-refractivity contribution < 1.29 is 4.79 Å². The van der Waals surface area contributed by atoms with E-state index in [1.807, 2.05) is 47.3 Å². The lowest BCUT2D eigenvalue weighted by molar-refractivity contribution is -0.119. The molecule has 1 N–H and O–H groups in total. The summed E-state index contributed by atoms with van der Waals surface area (Å²) in [7, 11) is 0. The van der Waals surface area contributed by atoms with Crippen molar-refractivity contribution in [1.82, 2.24) is 10.4 Å². The minimum absolute atomic E-state index is 0.153. The number of rotatable bonds is 4. The van der Waals surface area contributed by atoms with Crippen LogP contribution in [0, 0.1) is 5.92 Å². The summed E-state index contributed by atoms with van der Waals surface area (Å²) in [5.41, 5.74) is 5.26. The third-order valence-electron chi connectivity index (χ3n) is 5.85. The van der Waals surface area contributed by atoms with Gasteiger partial charge in [0.15, 0.2) is 0 Å². The second kappa shape index (κ2) is 9.78. The summed E-state index contributed by atoms with van der Waals surface area (Å²) in [6.07, 6.45) is 4.57. The van der Waals surface area contributed by atoms with Gasteiger partial charge in [-0.15, -0.1) is 0 Å².